The first kappa shape index (κ1) is 16.2. The fraction of sp³-hybridized carbons (Fsp3) is 0.267. The van der Waals surface area contributed by atoms with Gasteiger partial charge >= 0.3 is 0 Å². The van der Waals surface area contributed by atoms with Gasteiger partial charge in [0.15, 0.2) is 22.8 Å². The molecule has 2 aromatic rings. The molecule has 1 N–H and O–H groups in total. The normalized spacial score (nSPS) is 12.6. The molecule has 118 valence electrons. The molecule has 8 nitrogen and oxygen atoms in total. The molecule has 0 atom stereocenters. The fourth-order valence-electron chi connectivity index (χ4n) is 1.92. The van der Waals surface area contributed by atoms with Crippen LogP contribution in [0.4, 0.5) is 5.69 Å². The Hall–Kier alpha value is -3.21. The Balaban J connectivity index is 2.69. The number of nitro benzene ring substituents is 1. The minimum Gasteiger partial charge on any atom is -0.504 e. The molecule has 1 heterocycles. The number of fused-ring (bicyclic) bond motifs is 1. The topological polar surface area (TPSA) is 130 Å². The summed E-state index contributed by atoms with van der Waals surface area (Å²) in [4.78, 5) is 22.5. The number of aliphatic hydroxyl groups is 1. The summed E-state index contributed by atoms with van der Waals surface area (Å²) < 4.78 is 4.98. The summed E-state index contributed by atoms with van der Waals surface area (Å²) in [6, 6.07) is 5.38. The third-order valence-corrected chi connectivity index (χ3v) is 3.15. The fourth-order valence-corrected chi connectivity index (χ4v) is 1.92. The third kappa shape index (κ3) is 2.89. The van der Waals surface area contributed by atoms with Crippen LogP contribution in [0.1, 0.15) is 26.5 Å². The van der Waals surface area contributed by atoms with E-state index in [0.29, 0.717) is 0 Å². The number of hydrogen-bond donors (Lipinski definition) is 1. The van der Waals surface area contributed by atoms with Gasteiger partial charge in [0.25, 0.3) is 5.69 Å². The molecule has 0 unspecified atom stereocenters. The van der Waals surface area contributed by atoms with E-state index in [0.717, 1.165) is 6.07 Å². The van der Waals surface area contributed by atoms with Crippen molar-refractivity contribution in [1.82, 2.24) is 5.16 Å². The van der Waals surface area contributed by atoms with Crippen LogP contribution in [0.25, 0.3) is 16.7 Å². The van der Waals surface area contributed by atoms with Crippen LogP contribution < -0.4 is 0 Å². The molecule has 8 heteroatoms. The van der Waals surface area contributed by atoms with Gasteiger partial charge in [0.05, 0.1) is 10.3 Å². The van der Waals surface area contributed by atoms with Crippen LogP contribution >= 0.6 is 0 Å². The number of aliphatic hydroxyl groups excluding tert-OH is 1. The van der Waals surface area contributed by atoms with Crippen molar-refractivity contribution in [2.75, 3.05) is 0 Å². The van der Waals surface area contributed by atoms with Crippen LogP contribution in [0.5, 0.6) is 0 Å². The summed E-state index contributed by atoms with van der Waals surface area (Å²) in [7, 11) is 0. The molecule has 0 radical (unpaired) electrons. The molecular weight excluding hydrogens is 302 g/mol. The second-order valence-electron chi connectivity index (χ2n) is 5.88. The van der Waals surface area contributed by atoms with Crippen molar-refractivity contribution in [2.45, 2.75) is 20.8 Å². The number of hydrogen-bond acceptors (Lipinski definition) is 7. The predicted molar refractivity (Wildman–Crippen MR) is 80.3 cm³/mol. The zero-order valence-electron chi connectivity index (χ0n) is 12.7. The lowest BCUT2D eigenvalue weighted by atomic mass is 9.86. The molecule has 23 heavy (non-hydrogen) atoms. The molecule has 0 aliphatic heterocycles. The van der Waals surface area contributed by atoms with E-state index in [1.54, 1.807) is 26.8 Å². The van der Waals surface area contributed by atoms with E-state index in [1.807, 2.05) is 0 Å². The maximum atomic E-state index is 12.2. The first-order valence-corrected chi connectivity index (χ1v) is 6.59. The number of allylic oxidation sites excluding steroid dienone is 1. The summed E-state index contributed by atoms with van der Waals surface area (Å²) in [5.41, 5.74) is -1.57. The minimum absolute atomic E-state index is 0.145. The van der Waals surface area contributed by atoms with Crippen LogP contribution in [0, 0.1) is 26.9 Å². The van der Waals surface area contributed by atoms with Gasteiger partial charge < -0.3 is 9.63 Å². The SMILES string of the molecule is CC(C)(C)C(=O)C(C#N)=C(O)c1noc2ccc([N+](=O)[O-])cc12. The van der Waals surface area contributed by atoms with Gasteiger partial charge in [0, 0.05) is 17.5 Å². The Kier molecular flexibility index (Phi) is 3.89. The van der Waals surface area contributed by atoms with Crippen molar-refractivity contribution in [3.8, 4) is 6.07 Å². The molecule has 0 aliphatic rings. The smallest absolute Gasteiger partial charge is 0.270 e. The second-order valence-corrected chi connectivity index (χ2v) is 5.88. The zero-order chi connectivity index (χ0) is 17.4. The number of carbonyl (C=O) groups is 1. The zero-order valence-corrected chi connectivity index (χ0v) is 12.7. The molecule has 2 rings (SSSR count). The average Bonchev–Trinajstić information content (AvgIpc) is 2.89. The lowest BCUT2D eigenvalue weighted by molar-refractivity contribution is -0.384. The van der Waals surface area contributed by atoms with Crippen molar-refractivity contribution in [2.24, 2.45) is 5.41 Å². The number of nitro groups is 1. The number of nitrogens with zero attached hydrogens (tertiary/aromatic N) is 3. The largest absolute Gasteiger partial charge is 0.504 e. The summed E-state index contributed by atoms with van der Waals surface area (Å²) in [6.45, 7) is 4.81. The van der Waals surface area contributed by atoms with Gasteiger partial charge in [-0.3, -0.25) is 14.9 Å². The monoisotopic (exact) mass is 315 g/mol. The lowest BCUT2D eigenvalue weighted by Gasteiger charge is -2.15. The molecule has 0 bridgehead atoms. The van der Waals surface area contributed by atoms with E-state index in [2.05, 4.69) is 5.16 Å². The van der Waals surface area contributed by atoms with E-state index in [9.17, 15) is 25.3 Å². The minimum atomic E-state index is -0.884. The number of benzene rings is 1. The lowest BCUT2D eigenvalue weighted by Crippen LogP contribution is -2.22. The number of nitriles is 1. The molecule has 0 saturated heterocycles. The van der Waals surface area contributed by atoms with Crippen LogP contribution in [0.3, 0.4) is 0 Å². The van der Waals surface area contributed by atoms with Gasteiger partial charge in [-0.2, -0.15) is 5.26 Å². The average molecular weight is 315 g/mol. The van der Waals surface area contributed by atoms with Crippen molar-refractivity contribution in [1.29, 1.82) is 5.26 Å². The van der Waals surface area contributed by atoms with Gasteiger partial charge in [-0.25, -0.2) is 0 Å². The Morgan fingerprint density at radius 1 is 1.43 bits per heavy atom. The summed E-state index contributed by atoms with van der Waals surface area (Å²) in [5, 5.41) is 34.1. The molecule has 0 fully saturated rings. The maximum Gasteiger partial charge on any atom is 0.270 e. The molecule has 1 aromatic carbocycles. The molecular formula is C15H13N3O5. The standard InChI is InChI=1S/C15H13N3O5/c1-15(2,3)14(20)10(7-16)13(19)12-9-6-8(18(21)22)4-5-11(9)23-17-12/h4-6,19H,1-3H3. The number of non-ortho nitro benzene ring substituents is 1. The van der Waals surface area contributed by atoms with E-state index in [-0.39, 0.29) is 22.4 Å². The van der Waals surface area contributed by atoms with Gasteiger partial charge in [-0.15, -0.1) is 0 Å². The van der Waals surface area contributed by atoms with Crippen LogP contribution in [-0.2, 0) is 4.79 Å². The van der Waals surface area contributed by atoms with E-state index in [1.165, 1.54) is 12.1 Å². The highest BCUT2D eigenvalue weighted by Gasteiger charge is 2.30. The van der Waals surface area contributed by atoms with Gasteiger partial charge in [-0.05, 0) is 6.07 Å². The second kappa shape index (κ2) is 5.53. The summed E-state index contributed by atoms with van der Waals surface area (Å²) >= 11 is 0. The summed E-state index contributed by atoms with van der Waals surface area (Å²) in [5.74, 6) is -1.23. The summed E-state index contributed by atoms with van der Waals surface area (Å²) in [6.07, 6.45) is 0. The highest BCUT2D eigenvalue weighted by Crippen LogP contribution is 2.30. The Morgan fingerprint density at radius 2 is 2.09 bits per heavy atom. The number of aromatic nitrogens is 1. The quantitative estimate of drug-likeness (QED) is 0.302. The molecule has 0 saturated carbocycles. The molecule has 1 aromatic heterocycles. The van der Waals surface area contributed by atoms with Crippen LogP contribution in [0.2, 0.25) is 0 Å². The Bertz CT molecular complexity index is 881. The van der Waals surface area contributed by atoms with E-state index < -0.39 is 27.5 Å². The van der Waals surface area contributed by atoms with Crippen molar-refractivity contribution >= 4 is 28.2 Å². The highest BCUT2D eigenvalue weighted by molar-refractivity contribution is 6.09. The molecule has 0 amide bonds. The van der Waals surface area contributed by atoms with Gasteiger partial charge in [-0.1, -0.05) is 25.9 Å². The van der Waals surface area contributed by atoms with Crippen LogP contribution in [-0.4, -0.2) is 21.0 Å². The van der Waals surface area contributed by atoms with Gasteiger partial charge in [0.1, 0.15) is 11.6 Å². The molecule has 0 aliphatic carbocycles. The molecule has 0 spiro atoms. The highest BCUT2D eigenvalue weighted by atomic mass is 16.6. The van der Waals surface area contributed by atoms with E-state index in [4.69, 9.17) is 4.52 Å². The van der Waals surface area contributed by atoms with Gasteiger partial charge in [0.2, 0.25) is 0 Å². The van der Waals surface area contributed by atoms with E-state index >= 15 is 0 Å². The first-order chi connectivity index (χ1) is 10.7. The number of carbonyl (C=O) groups excluding carboxylic acids is 1. The number of rotatable bonds is 3. The van der Waals surface area contributed by atoms with Crippen molar-refractivity contribution in [3.05, 3.63) is 39.6 Å². The van der Waals surface area contributed by atoms with Crippen LogP contribution in [0.15, 0.2) is 28.3 Å². The Morgan fingerprint density at radius 3 is 2.61 bits per heavy atom. The Labute approximate surface area is 130 Å². The van der Waals surface area contributed by atoms with Crippen molar-refractivity contribution < 1.29 is 19.3 Å². The number of ketones is 1. The third-order valence-electron chi connectivity index (χ3n) is 3.15. The first-order valence-electron chi connectivity index (χ1n) is 6.59. The maximum absolute atomic E-state index is 12.2. The number of Topliss-reactive ketones (excluding diaryl/α,β-unsaturated/α-hetero) is 1. The van der Waals surface area contributed by atoms with Crippen molar-refractivity contribution in [3.63, 3.8) is 0 Å². The predicted octanol–water partition coefficient (Wildman–Crippen LogP) is 3.14.